The van der Waals surface area contributed by atoms with Crippen molar-refractivity contribution in [2.45, 2.75) is 33.4 Å². The van der Waals surface area contributed by atoms with E-state index >= 15 is 0 Å². The minimum atomic E-state index is -0.290. The van der Waals surface area contributed by atoms with Crippen LogP contribution in [0, 0.1) is 19.8 Å². The number of aryl methyl sites for hydroxylation is 2. The predicted octanol–water partition coefficient (Wildman–Crippen LogP) is 2.30. The lowest BCUT2D eigenvalue weighted by molar-refractivity contribution is -0.135. The minimum Gasteiger partial charge on any atom is -0.361 e. The first kappa shape index (κ1) is 17.2. The van der Waals surface area contributed by atoms with Crippen molar-refractivity contribution in [2.24, 2.45) is 5.92 Å². The summed E-state index contributed by atoms with van der Waals surface area (Å²) >= 11 is 0. The summed E-state index contributed by atoms with van der Waals surface area (Å²) in [4.78, 5) is 28.4. The lowest BCUT2D eigenvalue weighted by Gasteiger charge is -2.21. The van der Waals surface area contributed by atoms with E-state index in [0.717, 1.165) is 22.6 Å². The van der Waals surface area contributed by atoms with Gasteiger partial charge in [0.05, 0.1) is 18.2 Å². The molecule has 2 amide bonds. The molecule has 6 nitrogen and oxygen atoms in total. The van der Waals surface area contributed by atoms with Gasteiger partial charge in [0.25, 0.3) is 0 Å². The van der Waals surface area contributed by atoms with Crippen LogP contribution in [0.1, 0.15) is 29.0 Å². The summed E-state index contributed by atoms with van der Waals surface area (Å²) in [5, 5.41) is 3.92. The highest BCUT2D eigenvalue weighted by Gasteiger charge is 2.35. The Bertz CT molecular complexity index is 750. The molecule has 25 heavy (non-hydrogen) atoms. The van der Waals surface area contributed by atoms with E-state index in [1.807, 2.05) is 44.2 Å². The lowest BCUT2D eigenvalue weighted by Crippen LogP contribution is -2.34. The molecule has 2 aromatic rings. The van der Waals surface area contributed by atoms with Crippen LogP contribution in [-0.4, -0.2) is 40.4 Å². The number of nitrogens with zero attached hydrogens (tertiary/aromatic N) is 3. The first-order valence-corrected chi connectivity index (χ1v) is 8.44. The zero-order chi connectivity index (χ0) is 18.0. The van der Waals surface area contributed by atoms with E-state index in [4.69, 9.17) is 4.52 Å². The molecular formula is C19H23N3O3. The largest absolute Gasteiger partial charge is 0.361 e. The Kier molecular flexibility index (Phi) is 4.88. The van der Waals surface area contributed by atoms with E-state index in [0.29, 0.717) is 19.6 Å². The van der Waals surface area contributed by atoms with Gasteiger partial charge in [0.1, 0.15) is 5.76 Å². The van der Waals surface area contributed by atoms with Gasteiger partial charge < -0.3 is 14.3 Å². The quantitative estimate of drug-likeness (QED) is 0.837. The third kappa shape index (κ3) is 3.73. The highest BCUT2D eigenvalue weighted by atomic mass is 16.5. The molecule has 1 saturated heterocycles. The molecular weight excluding hydrogens is 318 g/mol. The van der Waals surface area contributed by atoms with Crippen LogP contribution >= 0.6 is 0 Å². The summed E-state index contributed by atoms with van der Waals surface area (Å²) in [5.41, 5.74) is 2.81. The van der Waals surface area contributed by atoms with Crippen molar-refractivity contribution < 1.29 is 14.1 Å². The van der Waals surface area contributed by atoms with E-state index in [2.05, 4.69) is 5.16 Å². The van der Waals surface area contributed by atoms with Crippen molar-refractivity contribution in [1.82, 2.24) is 15.0 Å². The molecule has 1 atom stereocenters. The number of benzene rings is 1. The molecule has 0 radical (unpaired) electrons. The maximum atomic E-state index is 12.7. The molecule has 6 heteroatoms. The molecule has 3 rings (SSSR count). The summed E-state index contributed by atoms with van der Waals surface area (Å²) < 4.78 is 5.15. The number of likely N-dealkylation sites (tertiary alicyclic amines) is 1. The maximum absolute atomic E-state index is 12.7. The van der Waals surface area contributed by atoms with E-state index in [-0.39, 0.29) is 24.2 Å². The second-order valence-electron chi connectivity index (χ2n) is 6.66. The first-order valence-electron chi connectivity index (χ1n) is 8.44. The molecule has 1 aliphatic heterocycles. The maximum Gasteiger partial charge on any atom is 0.228 e. The van der Waals surface area contributed by atoms with Crippen molar-refractivity contribution >= 4 is 11.8 Å². The third-order valence-electron chi connectivity index (χ3n) is 4.73. The van der Waals surface area contributed by atoms with Gasteiger partial charge >= 0.3 is 0 Å². The summed E-state index contributed by atoms with van der Waals surface area (Å²) in [6, 6.07) is 9.84. The molecule has 2 heterocycles. The van der Waals surface area contributed by atoms with Gasteiger partial charge in [0, 0.05) is 32.1 Å². The Morgan fingerprint density at radius 2 is 2.04 bits per heavy atom. The zero-order valence-electron chi connectivity index (χ0n) is 14.9. The summed E-state index contributed by atoms with van der Waals surface area (Å²) in [6.07, 6.45) is 0.275. The Morgan fingerprint density at radius 1 is 1.32 bits per heavy atom. The van der Waals surface area contributed by atoms with Crippen molar-refractivity contribution in [3.05, 3.63) is 52.9 Å². The van der Waals surface area contributed by atoms with Crippen molar-refractivity contribution in [1.29, 1.82) is 0 Å². The zero-order valence-corrected chi connectivity index (χ0v) is 14.9. The smallest absolute Gasteiger partial charge is 0.228 e. The fourth-order valence-corrected chi connectivity index (χ4v) is 3.25. The molecule has 0 N–H and O–H groups in total. The van der Waals surface area contributed by atoms with Crippen LogP contribution in [0.2, 0.25) is 0 Å². The SMILES string of the molecule is Cc1noc(C)c1CN(C)C(=O)C1CC(=O)N(Cc2ccccc2)C1. The summed E-state index contributed by atoms with van der Waals surface area (Å²) in [7, 11) is 1.76. The second kappa shape index (κ2) is 7.09. The van der Waals surface area contributed by atoms with E-state index < -0.39 is 0 Å². The highest BCUT2D eigenvalue weighted by Crippen LogP contribution is 2.23. The van der Waals surface area contributed by atoms with Gasteiger partial charge in [-0.05, 0) is 19.4 Å². The van der Waals surface area contributed by atoms with Gasteiger partial charge in [0.15, 0.2) is 0 Å². The number of rotatable bonds is 5. The standard InChI is InChI=1S/C19H23N3O3/c1-13-17(14(2)25-20-13)12-21(3)19(24)16-9-18(23)22(11-16)10-15-7-5-4-6-8-15/h4-8,16H,9-12H2,1-3H3. The molecule has 1 aromatic carbocycles. The number of amides is 2. The highest BCUT2D eigenvalue weighted by molar-refractivity contribution is 5.89. The molecule has 1 aliphatic rings. The van der Waals surface area contributed by atoms with Crippen LogP contribution in [-0.2, 0) is 22.7 Å². The van der Waals surface area contributed by atoms with Crippen LogP contribution in [0.25, 0.3) is 0 Å². The fraction of sp³-hybridized carbons (Fsp3) is 0.421. The van der Waals surface area contributed by atoms with Gasteiger partial charge in [0.2, 0.25) is 11.8 Å². The average Bonchev–Trinajstić information content (AvgIpc) is 3.12. The Morgan fingerprint density at radius 3 is 2.68 bits per heavy atom. The summed E-state index contributed by atoms with van der Waals surface area (Å²) in [5.74, 6) is 0.462. The van der Waals surface area contributed by atoms with Crippen LogP contribution in [0.5, 0.6) is 0 Å². The van der Waals surface area contributed by atoms with Crippen molar-refractivity contribution in [3.8, 4) is 0 Å². The van der Waals surface area contributed by atoms with Gasteiger partial charge in [-0.25, -0.2) is 0 Å². The minimum absolute atomic E-state index is 0.0103. The van der Waals surface area contributed by atoms with Crippen molar-refractivity contribution in [2.75, 3.05) is 13.6 Å². The summed E-state index contributed by atoms with van der Waals surface area (Å²) in [6.45, 7) is 5.18. The Balaban J connectivity index is 1.62. The lowest BCUT2D eigenvalue weighted by atomic mass is 10.1. The van der Waals surface area contributed by atoms with Gasteiger partial charge in [-0.1, -0.05) is 35.5 Å². The number of carbonyl (C=O) groups excluding carboxylic acids is 2. The Labute approximate surface area is 147 Å². The number of hydrogen-bond donors (Lipinski definition) is 0. The van der Waals surface area contributed by atoms with E-state index in [9.17, 15) is 9.59 Å². The fourth-order valence-electron chi connectivity index (χ4n) is 3.25. The van der Waals surface area contributed by atoms with E-state index in [1.165, 1.54) is 0 Å². The molecule has 0 aliphatic carbocycles. The molecule has 1 fully saturated rings. The van der Waals surface area contributed by atoms with Crippen molar-refractivity contribution in [3.63, 3.8) is 0 Å². The van der Waals surface area contributed by atoms with Gasteiger partial charge in [-0.3, -0.25) is 9.59 Å². The molecule has 0 spiro atoms. The molecule has 132 valence electrons. The Hall–Kier alpha value is -2.63. The predicted molar refractivity (Wildman–Crippen MR) is 92.4 cm³/mol. The molecule has 0 saturated carbocycles. The molecule has 1 aromatic heterocycles. The average molecular weight is 341 g/mol. The molecule has 1 unspecified atom stereocenters. The second-order valence-corrected chi connectivity index (χ2v) is 6.66. The number of carbonyl (C=O) groups is 2. The van der Waals surface area contributed by atoms with Crippen LogP contribution in [0.4, 0.5) is 0 Å². The van der Waals surface area contributed by atoms with Crippen LogP contribution in [0.3, 0.4) is 0 Å². The van der Waals surface area contributed by atoms with Crippen LogP contribution in [0.15, 0.2) is 34.9 Å². The molecule has 0 bridgehead atoms. The van der Waals surface area contributed by atoms with Gasteiger partial charge in [-0.15, -0.1) is 0 Å². The monoisotopic (exact) mass is 341 g/mol. The number of hydrogen-bond acceptors (Lipinski definition) is 4. The third-order valence-corrected chi connectivity index (χ3v) is 4.73. The van der Waals surface area contributed by atoms with Crippen LogP contribution < -0.4 is 0 Å². The van der Waals surface area contributed by atoms with Gasteiger partial charge in [-0.2, -0.15) is 0 Å². The topological polar surface area (TPSA) is 66.7 Å². The first-order chi connectivity index (χ1) is 12.0. The number of aromatic nitrogens is 1. The normalized spacial score (nSPS) is 17.2. The van der Waals surface area contributed by atoms with E-state index in [1.54, 1.807) is 16.8 Å².